The van der Waals surface area contributed by atoms with Crippen molar-refractivity contribution in [2.45, 2.75) is 26.4 Å². The van der Waals surface area contributed by atoms with Gasteiger partial charge in [-0.25, -0.2) is 9.78 Å². The lowest BCUT2D eigenvalue weighted by Crippen LogP contribution is -2.39. The summed E-state index contributed by atoms with van der Waals surface area (Å²) in [5.41, 5.74) is 4.32. The fourth-order valence-electron chi connectivity index (χ4n) is 4.40. The van der Waals surface area contributed by atoms with Crippen LogP contribution in [0.5, 0.6) is 0 Å². The average Bonchev–Trinajstić information content (AvgIpc) is 3.26. The highest BCUT2D eigenvalue weighted by molar-refractivity contribution is 5.79. The summed E-state index contributed by atoms with van der Waals surface area (Å²) in [6, 6.07) is 28.3. The molecule has 0 N–H and O–H groups in total. The maximum atomic E-state index is 13.5. The number of hydrogen-bond acceptors (Lipinski definition) is 3. The van der Waals surface area contributed by atoms with E-state index in [1.54, 1.807) is 7.05 Å². The van der Waals surface area contributed by atoms with Crippen LogP contribution < -0.4 is 11.2 Å². The predicted molar refractivity (Wildman–Crippen MR) is 136 cm³/mol. The number of fused-ring (bicyclic) bond motifs is 1. The highest BCUT2D eigenvalue weighted by Crippen LogP contribution is 2.28. The monoisotopic (exact) mass is 450 g/mol. The number of imidazole rings is 1. The number of aryl methyl sites for hydroxylation is 1. The van der Waals surface area contributed by atoms with Crippen LogP contribution in [-0.2, 0) is 20.1 Å². The second kappa shape index (κ2) is 8.98. The smallest absolute Gasteiger partial charge is 0.314 e. The molecule has 2 heterocycles. The zero-order valence-corrected chi connectivity index (χ0v) is 19.3. The van der Waals surface area contributed by atoms with E-state index in [9.17, 15) is 9.59 Å². The third-order valence-corrected chi connectivity index (χ3v) is 6.09. The van der Waals surface area contributed by atoms with E-state index in [1.807, 2.05) is 72.2 Å². The van der Waals surface area contributed by atoms with Crippen LogP contribution in [0.1, 0.15) is 18.9 Å². The molecule has 5 aromatic rings. The Morgan fingerprint density at radius 2 is 1.41 bits per heavy atom. The van der Waals surface area contributed by atoms with Gasteiger partial charge < -0.3 is 4.57 Å². The van der Waals surface area contributed by atoms with Crippen molar-refractivity contribution in [3.63, 3.8) is 0 Å². The van der Waals surface area contributed by atoms with Gasteiger partial charge in [-0.15, -0.1) is 0 Å². The molecule has 6 nitrogen and oxygen atoms in total. The molecule has 0 amide bonds. The Bertz CT molecular complexity index is 1580. The van der Waals surface area contributed by atoms with Crippen molar-refractivity contribution >= 4 is 11.2 Å². The fourth-order valence-corrected chi connectivity index (χ4v) is 4.40. The molecule has 5 rings (SSSR count). The van der Waals surface area contributed by atoms with E-state index in [0.717, 1.165) is 22.3 Å². The van der Waals surface area contributed by atoms with Crippen molar-refractivity contribution in [3.8, 4) is 22.5 Å². The van der Waals surface area contributed by atoms with E-state index in [0.29, 0.717) is 36.5 Å². The van der Waals surface area contributed by atoms with Crippen LogP contribution >= 0.6 is 0 Å². The Balaban J connectivity index is 1.79. The van der Waals surface area contributed by atoms with Gasteiger partial charge in [-0.3, -0.25) is 13.9 Å². The first-order chi connectivity index (χ1) is 16.6. The fraction of sp³-hybridized carbons (Fsp3) is 0.179. The van der Waals surface area contributed by atoms with Crippen molar-refractivity contribution in [2.24, 2.45) is 7.05 Å². The zero-order valence-electron chi connectivity index (χ0n) is 19.3. The summed E-state index contributed by atoms with van der Waals surface area (Å²) in [5.74, 6) is 0.665. The van der Waals surface area contributed by atoms with E-state index < -0.39 is 0 Å². The Morgan fingerprint density at radius 3 is 2.12 bits per heavy atom. The van der Waals surface area contributed by atoms with Gasteiger partial charge in [-0.1, -0.05) is 85.8 Å². The molecule has 34 heavy (non-hydrogen) atoms. The van der Waals surface area contributed by atoms with Crippen LogP contribution in [-0.4, -0.2) is 18.7 Å². The van der Waals surface area contributed by atoms with Gasteiger partial charge in [0, 0.05) is 25.7 Å². The quantitative estimate of drug-likeness (QED) is 0.377. The van der Waals surface area contributed by atoms with E-state index >= 15 is 0 Å². The summed E-state index contributed by atoms with van der Waals surface area (Å²) in [5, 5.41) is 0. The van der Waals surface area contributed by atoms with Crippen LogP contribution in [0.2, 0.25) is 0 Å². The molecule has 0 bridgehead atoms. The van der Waals surface area contributed by atoms with Crippen LogP contribution in [0.3, 0.4) is 0 Å². The van der Waals surface area contributed by atoms with Gasteiger partial charge in [0.2, 0.25) is 0 Å². The van der Waals surface area contributed by atoms with Gasteiger partial charge in [0.05, 0.1) is 0 Å². The summed E-state index contributed by atoms with van der Waals surface area (Å²) >= 11 is 0. The molecule has 0 atom stereocenters. The number of benzene rings is 3. The molecule has 0 spiro atoms. The molecular formula is C28H26N4O2. The van der Waals surface area contributed by atoms with Gasteiger partial charge in [0.25, 0.3) is 5.56 Å². The van der Waals surface area contributed by atoms with Crippen LogP contribution in [0.15, 0.2) is 94.5 Å². The molecule has 0 unspecified atom stereocenters. The van der Waals surface area contributed by atoms with Crippen molar-refractivity contribution in [2.75, 3.05) is 0 Å². The molecule has 170 valence electrons. The van der Waals surface area contributed by atoms with E-state index in [4.69, 9.17) is 4.98 Å². The molecule has 0 saturated carbocycles. The molecule has 6 heteroatoms. The summed E-state index contributed by atoms with van der Waals surface area (Å²) in [6.07, 6.45) is 0.694. The first-order valence-electron chi connectivity index (χ1n) is 11.5. The maximum absolute atomic E-state index is 13.5. The van der Waals surface area contributed by atoms with Crippen LogP contribution in [0.25, 0.3) is 33.7 Å². The minimum Gasteiger partial charge on any atom is -0.314 e. The Labute approximate surface area is 197 Å². The minimum atomic E-state index is -0.340. The molecule has 0 aliphatic rings. The minimum absolute atomic E-state index is 0.297. The van der Waals surface area contributed by atoms with Gasteiger partial charge in [-0.2, -0.15) is 0 Å². The number of nitrogens with zero attached hydrogens (tertiary/aromatic N) is 4. The lowest BCUT2D eigenvalue weighted by Gasteiger charge is -2.12. The largest absolute Gasteiger partial charge is 0.332 e. The molecule has 0 saturated heterocycles. The molecule has 2 aromatic heterocycles. The van der Waals surface area contributed by atoms with Gasteiger partial charge in [0.1, 0.15) is 5.82 Å². The van der Waals surface area contributed by atoms with Crippen molar-refractivity contribution in [1.29, 1.82) is 0 Å². The number of hydrogen-bond donors (Lipinski definition) is 0. The van der Waals surface area contributed by atoms with Crippen molar-refractivity contribution in [1.82, 2.24) is 18.7 Å². The lowest BCUT2D eigenvalue weighted by molar-refractivity contribution is 0.590. The normalized spacial score (nSPS) is 11.2. The van der Waals surface area contributed by atoms with E-state index in [1.165, 1.54) is 9.13 Å². The Kier molecular flexibility index (Phi) is 5.72. The summed E-state index contributed by atoms with van der Waals surface area (Å²) in [6.45, 7) is 2.80. The lowest BCUT2D eigenvalue weighted by atomic mass is 10.0. The second-order valence-corrected chi connectivity index (χ2v) is 8.42. The van der Waals surface area contributed by atoms with E-state index in [2.05, 4.69) is 24.3 Å². The third-order valence-electron chi connectivity index (χ3n) is 6.09. The summed E-state index contributed by atoms with van der Waals surface area (Å²) in [4.78, 5) is 31.3. The SMILES string of the molecule is CCCn1c(=O)c2c(nc(-c3cccc(-c4ccccc4)c3)n2Cc2ccccc2)n(C)c1=O. The van der Waals surface area contributed by atoms with Gasteiger partial charge in [0.15, 0.2) is 11.2 Å². The number of rotatable bonds is 6. The predicted octanol–water partition coefficient (Wildman–Crippen LogP) is 4.69. The average molecular weight is 451 g/mol. The van der Waals surface area contributed by atoms with Crippen LogP contribution in [0, 0.1) is 0 Å². The maximum Gasteiger partial charge on any atom is 0.332 e. The van der Waals surface area contributed by atoms with Crippen molar-refractivity contribution in [3.05, 3.63) is 111 Å². The molecular weight excluding hydrogens is 424 g/mol. The zero-order chi connectivity index (χ0) is 23.7. The topological polar surface area (TPSA) is 61.8 Å². The third kappa shape index (κ3) is 3.77. The highest BCUT2D eigenvalue weighted by atomic mass is 16.2. The highest BCUT2D eigenvalue weighted by Gasteiger charge is 2.21. The van der Waals surface area contributed by atoms with Gasteiger partial charge in [-0.05, 0) is 29.2 Å². The molecule has 0 radical (unpaired) electrons. The Hall–Kier alpha value is -4.19. The molecule has 0 fully saturated rings. The molecule has 0 aliphatic heterocycles. The number of aromatic nitrogens is 4. The van der Waals surface area contributed by atoms with Gasteiger partial charge >= 0.3 is 5.69 Å². The molecule has 3 aromatic carbocycles. The summed E-state index contributed by atoms with van der Waals surface area (Å²) in [7, 11) is 1.68. The standard InChI is InChI=1S/C28H26N4O2/c1-3-17-31-27(33)24-26(30(2)28(31)34)29-25(32(24)19-20-11-6-4-7-12-20)23-16-10-15-22(18-23)21-13-8-5-9-14-21/h4-16,18H,3,17,19H2,1-2H3. The van der Waals surface area contributed by atoms with E-state index in [-0.39, 0.29) is 11.2 Å². The first-order valence-corrected chi connectivity index (χ1v) is 11.5. The van der Waals surface area contributed by atoms with Crippen LogP contribution in [0.4, 0.5) is 0 Å². The first kappa shape index (κ1) is 21.6. The summed E-state index contributed by atoms with van der Waals surface area (Å²) < 4.78 is 4.75. The van der Waals surface area contributed by atoms with Crippen molar-refractivity contribution < 1.29 is 0 Å². The second-order valence-electron chi connectivity index (χ2n) is 8.42. The Morgan fingerprint density at radius 1 is 0.765 bits per heavy atom. The molecule has 0 aliphatic carbocycles.